The minimum absolute atomic E-state index is 0.141. The summed E-state index contributed by atoms with van der Waals surface area (Å²) in [5.41, 5.74) is 8.46. The summed E-state index contributed by atoms with van der Waals surface area (Å²) in [6.07, 6.45) is 1.48. The van der Waals surface area contributed by atoms with Gasteiger partial charge in [-0.15, -0.1) is 0 Å². The van der Waals surface area contributed by atoms with E-state index in [2.05, 4.69) is 30.7 Å². The van der Waals surface area contributed by atoms with Gasteiger partial charge in [-0.05, 0) is 36.6 Å². The predicted molar refractivity (Wildman–Crippen MR) is 129 cm³/mol. The van der Waals surface area contributed by atoms with E-state index in [-0.39, 0.29) is 23.4 Å². The Bertz CT molecular complexity index is 1300. The van der Waals surface area contributed by atoms with Crippen LogP contribution in [0.3, 0.4) is 0 Å². The Kier molecular flexibility index (Phi) is 5.06. The minimum atomic E-state index is -1.73. The van der Waals surface area contributed by atoms with Gasteiger partial charge < -0.3 is 20.4 Å². The molecule has 3 N–H and O–H groups in total. The zero-order valence-electron chi connectivity index (χ0n) is 20.1. The third kappa shape index (κ3) is 3.76. The van der Waals surface area contributed by atoms with Gasteiger partial charge in [-0.1, -0.05) is 32.9 Å². The molecule has 7 heteroatoms. The molecule has 1 amide bonds. The van der Waals surface area contributed by atoms with Crippen molar-refractivity contribution in [2.24, 2.45) is 5.73 Å². The normalized spacial score (nSPS) is 20.8. The summed E-state index contributed by atoms with van der Waals surface area (Å²) in [7, 11) is 0. The number of ether oxygens (including phenoxy) is 1. The summed E-state index contributed by atoms with van der Waals surface area (Å²) in [6, 6.07) is 10.7. The first-order chi connectivity index (χ1) is 15.9. The van der Waals surface area contributed by atoms with E-state index in [0.717, 1.165) is 27.7 Å². The molecule has 1 saturated carbocycles. The number of hydrogen-bond acceptors (Lipinski definition) is 3. The van der Waals surface area contributed by atoms with E-state index in [1.165, 1.54) is 13.0 Å². The van der Waals surface area contributed by atoms with Crippen molar-refractivity contribution in [3.8, 4) is 5.75 Å². The number of carbonyl (C=O) groups excluding carboxylic acids is 1. The second kappa shape index (κ2) is 7.54. The zero-order valence-corrected chi connectivity index (χ0v) is 20.1. The van der Waals surface area contributed by atoms with Crippen LogP contribution in [0, 0.1) is 5.82 Å². The molecule has 34 heavy (non-hydrogen) atoms. The van der Waals surface area contributed by atoms with Crippen LogP contribution in [0.4, 0.5) is 14.5 Å². The number of fused-ring (bicyclic) bond motifs is 2. The van der Waals surface area contributed by atoms with Crippen molar-refractivity contribution >= 4 is 22.5 Å². The first-order valence-corrected chi connectivity index (χ1v) is 11.8. The first-order valence-electron chi connectivity index (χ1n) is 11.8. The minimum Gasteiger partial charge on any atom is -0.458 e. The molecule has 0 bridgehead atoms. The van der Waals surface area contributed by atoms with E-state index in [1.54, 1.807) is 12.1 Å². The predicted octanol–water partition coefficient (Wildman–Crippen LogP) is 5.33. The molecule has 0 radical (unpaired) electrons. The van der Waals surface area contributed by atoms with Crippen LogP contribution in [0.5, 0.6) is 5.75 Å². The topological polar surface area (TPSA) is 69.3 Å². The molecule has 2 heterocycles. The Balaban J connectivity index is 1.46. The number of aromatic nitrogens is 1. The van der Waals surface area contributed by atoms with Gasteiger partial charge in [-0.3, -0.25) is 4.79 Å². The summed E-state index contributed by atoms with van der Waals surface area (Å²) in [4.78, 5) is 13.3. The standard InChI is InChI=1S/C27H31F2N3O2/c1-25(2,3)23-12-17-11-20(19(28)14-21(17)32(23)10-9-30)31-24(33)27(7-8-27)18-6-5-16-15-26(4,29)34-22(16)13-18/h5-6,11-14H,7-10,15,30H2,1-4H3,(H,31,33). The molecular weight excluding hydrogens is 436 g/mol. The van der Waals surface area contributed by atoms with Crippen LogP contribution >= 0.6 is 0 Å². The summed E-state index contributed by atoms with van der Waals surface area (Å²) < 4.78 is 36.9. The van der Waals surface area contributed by atoms with Crippen molar-refractivity contribution in [3.05, 3.63) is 59.0 Å². The van der Waals surface area contributed by atoms with Crippen molar-refractivity contribution < 1.29 is 18.3 Å². The van der Waals surface area contributed by atoms with Gasteiger partial charge >= 0.3 is 0 Å². The second-order valence-corrected chi connectivity index (χ2v) is 10.9. The molecule has 0 saturated heterocycles. The van der Waals surface area contributed by atoms with E-state index >= 15 is 4.39 Å². The van der Waals surface area contributed by atoms with Gasteiger partial charge in [0, 0.05) is 54.6 Å². The van der Waals surface area contributed by atoms with Gasteiger partial charge in [0.05, 0.1) is 16.6 Å². The number of anilines is 1. The molecule has 5 nitrogen and oxygen atoms in total. The molecule has 5 rings (SSSR count). The Morgan fingerprint density at radius 1 is 1.21 bits per heavy atom. The third-order valence-electron chi connectivity index (χ3n) is 6.99. The number of alkyl halides is 1. The van der Waals surface area contributed by atoms with E-state index in [9.17, 15) is 9.18 Å². The number of carbonyl (C=O) groups is 1. The fourth-order valence-corrected chi connectivity index (χ4v) is 5.08. The lowest BCUT2D eigenvalue weighted by molar-refractivity contribution is -0.118. The van der Waals surface area contributed by atoms with Gasteiger partial charge in [0.25, 0.3) is 0 Å². The summed E-state index contributed by atoms with van der Waals surface area (Å²) in [5, 5.41) is 3.68. The highest BCUT2D eigenvalue weighted by Crippen LogP contribution is 2.51. The summed E-state index contributed by atoms with van der Waals surface area (Å²) in [6.45, 7) is 8.75. The van der Waals surface area contributed by atoms with Crippen LogP contribution in [0.15, 0.2) is 36.4 Å². The number of amides is 1. The zero-order chi connectivity index (χ0) is 24.5. The molecule has 2 aromatic carbocycles. The van der Waals surface area contributed by atoms with E-state index < -0.39 is 17.1 Å². The van der Waals surface area contributed by atoms with Gasteiger partial charge in [0.2, 0.25) is 11.8 Å². The first kappa shape index (κ1) is 22.8. The molecule has 0 spiro atoms. The van der Waals surface area contributed by atoms with E-state index in [1.807, 2.05) is 18.2 Å². The fraction of sp³-hybridized carbons (Fsp3) is 0.444. The van der Waals surface area contributed by atoms with Crippen LogP contribution in [0.2, 0.25) is 0 Å². The van der Waals surface area contributed by atoms with Crippen molar-refractivity contribution in [2.45, 2.75) is 70.2 Å². The summed E-state index contributed by atoms with van der Waals surface area (Å²) in [5.74, 6) is -2.00. The Hall–Kier alpha value is -2.93. The van der Waals surface area contributed by atoms with E-state index in [4.69, 9.17) is 10.5 Å². The van der Waals surface area contributed by atoms with Crippen LogP contribution < -0.4 is 15.8 Å². The molecule has 1 atom stereocenters. The number of hydrogen-bond donors (Lipinski definition) is 2. The smallest absolute Gasteiger partial charge is 0.249 e. The molecular formula is C27H31F2N3O2. The monoisotopic (exact) mass is 467 g/mol. The van der Waals surface area contributed by atoms with Crippen molar-refractivity contribution in [2.75, 3.05) is 11.9 Å². The fourth-order valence-electron chi connectivity index (χ4n) is 5.08. The van der Waals surface area contributed by atoms with Crippen LogP contribution in [-0.2, 0) is 28.6 Å². The quantitative estimate of drug-likeness (QED) is 0.533. The highest BCUT2D eigenvalue weighted by molar-refractivity contribution is 6.02. The van der Waals surface area contributed by atoms with Gasteiger partial charge in [0.1, 0.15) is 11.6 Å². The maximum atomic E-state index is 15.2. The lowest BCUT2D eigenvalue weighted by Crippen LogP contribution is -2.28. The highest BCUT2D eigenvalue weighted by Gasteiger charge is 2.52. The third-order valence-corrected chi connectivity index (χ3v) is 6.99. The SMILES string of the molecule is CC1(F)Cc2ccc(C3(C(=O)Nc4cc5cc(C(C)(C)C)n(CCN)c5cc4F)CC3)cc2O1. The van der Waals surface area contributed by atoms with Crippen LogP contribution in [-0.4, -0.2) is 22.9 Å². The van der Waals surface area contributed by atoms with Crippen molar-refractivity contribution in [1.82, 2.24) is 4.57 Å². The lowest BCUT2D eigenvalue weighted by atomic mass is 9.92. The molecule has 1 fully saturated rings. The molecule has 1 unspecified atom stereocenters. The van der Waals surface area contributed by atoms with Crippen LogP contribution in [0.25, 0.3) is 10.9 Å². The molecule has 1 aliphatic carbocycles. The highest BCUT2D eigenvalue weighted by atomic mass is 19.2. The molecule has 1 aromatic heterocycles. The number of halogens is 2. The summed E-state index contributed by atoms with van der Waals surface area (Å²) >= 11 is 0. The molecule has 2 aliphatic rings. The number of benzene rings is 2. The Labute approximate surface area is 198 Å². The number of nitrogens with two attached hydrogens (primary N) is 1. The van der Waals surface area contributed by atoms with Gasteiger partial charge in [0.15, 0.2) is 0 Å². The second-order valence-electron chi connectivity index (χ2n) is 10.9. The van der Waals surface area contributed by atoms with Crippen LogP contribution in [0.1, 0.15) is 57.4 Å². The van der Waals surface area contributed by atoms with Crippen molar-refractivity contribution in [3.63, 3.8) is 0 Å². The largest absolute Gasteiger partial charge is 0.458 e. The number of nitrogens with zero attached hydrogens (tertiary/aromatic N) is 1. The number of rotatable bonds is 5. The molecule has 3 aromatic rings. The molecule has 1 aliphatic heterocycles. The average Bonchev–Trinajstić information content (AvgIpc) is 3.39. The Morgan fingerprint density at radius 3 is 2.59 bits per heavy atom. The van der Waals surface area contributed by atoms with Gasteiger partial charge in [-0.2, -0.15) is 4.39 Å². The maximum Gasteiger partial charge on any atom is 0.249 e. The average molecular weight is 468 g/mol. The van der Waals surface area contributed by atoms with Gasteiger partial charge in [-0.25, -0.2) is 4.39 Å². The Morgan fingerprint density at radius 2 is 1.94 bits per heavy atom. The van der Waals surface area contributed by atoms with E-state index in [0.29, 0.717) is 31.7 Å². The maximum absolute atomic E-state index is 15.2. The lowest BCUT2D eigenvalue weighted by Gasteiger charge is -2.21. The molecule has 180 valence electrons. The number of nitrogens with one attached hydrogen (secondary N) is 1. The van der Waals surface area contributed by atoms with Crippen molar-refractivity contribution in [1.29, 1.82) is 0 Å².